The molecule has 0 aliphatic heterocycles. The molecule has 3 N–H and O–H groups in total. The largest absolute Gasteiger partial charge is 0.480 e. The van der Waals surface area contributed by atoms with E-state index in [1.54, 1.807) is 0 Å². The third kappa shape index (κ3) is 3.30. The minimum absolute atomic E-state index is 0.219. The van der Waals surface area contributed by atoms with Crippen molar-refractivity contribution in [2.24, 2.45) is 0 Å². The van der Waals surface area contributed by atoms with Crippen LogP contribution in [0.2, 0.25) is 0 Å². The number of nitro groups is 1. The molecule has 0 saturated heterocycles. The number of pyridine rings is 1. The maximum absolute atomic E-state index is 10.7. The van der Waals surface area contributed by atoms with Crippen molar-refractivity contribution in [3.8, 4) is 0 Å². The Labute approximate surface area is 103 Å². The number of hydrogen-bond acceptors (Lipinski definition) is 6. The quantitative estimate of drug-likeness (QED) is 0.570. The first-order chi connectivity index (χ1) is 8.45. The average molecular weight is 254 g/mol. The number of carboxylic acids is 1. The zero-order valence-electron chi connectivity index (χ0n) is 9.87. The highest BCUT2D eigenvalue weighted by Crippen LogP contribution is 2.22. The van der Waals surface area contributed by atoms with E-state index in [1.807, 2.05) is 6.92 Å². The molecule has 18 heavy (non-hydrogen) atoms. The number of nitrogens with zero attached hydrogens (tertiary/aromatic N) is 3. The Bertz CT molecular complexity index is 463. The van der Waals surface area contributed by atoms with E-state index in [4.69, 9.17) is 10.8 Å². The fourth-order valence-electron chi connectivity index (χ4n) is 1.50. The van der Waals surface area contributed by atoms with E-state index >= 15 is 0 Å². The molecule has 8 heteroatoms. The van der Waals surface area contributed by atoms with E-state index in [0.29, 0.717) is 12.4 Å². The SMILES string of the molecule is CCCN(CC(=O)O)c1ccc([N+](=O)[O-])c(N)n1. The number of carboxylic acid groups (broad SMARTS) is 1. The Hall–Kier alpha value is -2.38. The molecular weight excluding hydrogens is 240 g/mol. The van der Waals surface area contributed by atoms with Gasteiger partial charge in [0.05, 0.1) is 4.92 Å². The number of nitrogens with two attached hydrogens (primary N) is 1. The Balaban J connectivity index is 3.02. The number of hydrogen-bond donors (Lipinski definition) is 2. The van der Waals surface area contributed by atoms with Crippen LogP contribution < -0.4 is 10.6 Å². The van der Waals surface area contributed by atoms with Gasteiger partial charge in [-0.15, -0.1) is 0 Å². The molecule has 98 valence electrons. The van der Waals surface area contributed by atoms with Crippen molar-refractivity contribution < 1.29 is 14.8 Å². The summed E-state index contributed by atoms with van der Waals surface area (Å²) in [6.45, 7) is 2.15. The summed E-state index contributed by atoms with van der Waals surface area (Å²) in [4.78, 5) is 26.0. The van der Waals surface area contributed by atoms with Gasteiger partial charge in [0.1, 0.15) is 12.4 Å². The average Bonchev–Trinajstić information content (AvgIpc) is 2.27. The van der Waals surface area contributed by atoms with Crippen molar-refractivity contribution in [3.05, 3.63) is 22.2 Å². The highest BCUT2D eigenvalue weighted by atomic mass is 16.6. The smallest absolute Gasteiger partial charge is 0.323 e. The van der Waals surface area contributed by atoms with E-state index in [-0.39, 0.29) is 18.1 Å². The van der Waals surface area contributed by atoms with Crippen LogP contribution in [0.1, 0.15) is 13.3 Å². The van der Waals surface area contributed by atoms with Gasteiger partial charge in [0.15, 0.2) is 0 Å². The molecule has 0 atom stereocenters. The summed E-state index contributed by atoms with van der Waals surface area (Å²) in [7, 11) is 0. The summed E-state index contributed by atoms with van der Waals surface area (Å²) in [6, 6.07) is 2.62. The zero-order valence-corrected chi connectivity index (χ0v) is 9.87. The fourth-order valence-corrected chi connectivity index (χ4v) is 1.50. The van der Waals surface area contributed by atoms with Crippen molar-refractivity contribution in [1.82, 2.24) is 4.98 Å². The molecule has 1 aromatic heterocycles. The summed E-state index contributed by atoms with van der Waals surface area (Å²) in [6.07, 6.45) is 0.728. The van der Waals surface area contributed by atoms with Crippen molar-refractivity contribution in [2.45, 2.75) is 13.3 Å². The zero-order chi connectivity index (χ0) is 13.7. The molecule has 0 spiro atoms. The molecule has 1 aromatic rings. The Morgan fingerprint density at radius 1 is 1.61 bits per heavy atom. The Morgan fingerprint density at radius 3 is 2.72 bits per heavy atom. The van der Waals surface area contributed by atoms with Gasteiger partial charge in [0.2, 0.25) is 5.82 Å². The van der Waals surface area contributed by atoms with Gasteiger partial charge in [-0.1, -0.05) is 6.92 Å². The molecule has 0 aliphatic rings. The van der Waals surface area contributed by atoms with Gasteiger partial charge >= 0.3 is 11.7 Å². The summed E-state index contributed by atoms with van der Waals surface area (Å²) < 4.78 is 0. The van der Waals surface area contributed by atoms with Crippen LogP contribution in [0.15, 0.2) is 12.1 Å². The van der Waals surface area contributed by atoms with Crippen LogP contribution >= 0.6 is 0 Å². The van der Waals surface area contributed by atoms with Gasteiger partial charge in [0, 0.05) is 12.6 Å². The molecule has 1 heterocycles. The first kappa shape index (κ1) is 13.7. The van der Waals surface area contributed by atoms with Crippen LogP contribution in [0.4, 0.5) is 17.3 Å². The van der Waals surface area contributed by atoms with E-state index in [2.05, 4.69) is 4.98 Å². The van der Waals surface area contributed by atoms with E-state index in [0.717, 1.165) is 6.42 Å². The van der Waals surface area contributed by atoms with E-state index in [1.165, 1.54) is 17.0 Å². The molecule has 0 aliphatic carbocycles. The van der Waals surface area contributed by atoms with Gasteiger partial charge in [-0.05, 0) is 12.5 Å². The fraction of sp³-hybridized carbons (Fsp3) is 0.400. The lowest BCUT2D eigenvalue weighted by Crippen LogP contribution is -2.31. The second kappa shape index (κ2) is 5.80. The Kier molecular flexibility index (Phi) is 4.41. The molecule has 0 bridgehead atoms. The van der Waals surface area contributed by atoms with Crippen LogP contribution in [0.3, 0.4) is 0 Å². The molecule has 0 aromatic carbocycles. The summed E-state index contributed by atoms with van der Waals surface area (Å²) >= 11 is 0. The van der Waals surface area contributed by atoms with Crippen LogP contribution in [0.25, 0.3) is 0 Å². The van der Waals surface area contributed by atoms with Crippen molar-refractivity contribution in [2.75, 3.05) is 23.7 Å². The van der Waals surface area contributed by atoms with Gasteiger partial charge in [-0.25, -0.2) is 4.98 Å². The van der Waals surface area contributed by atoms with Gasteiger partial charge in [-0.2, -0.15) is 0 Å². The minimum Gasteiger partial charge on any atom is -0.480 e. The third-order valence-corrected chi connectivity index (χ3v) is 2.23. The van der Waals surface area contributed by atoms with Crippen LogP contribution in [-0.4, -0.2) is 34.1 Å². The maximum atomic E-state index is 10.7. The number of carbonyl (C=O) groups is 1. The molecule has 0 radical (unpaired) electrons. The standard InChI is InChI=1S/C10H14N4O4/c1-2-5-13(6-9(15)16)8-4-3-7(14(17)18)10(11)12-8/h3-4H,2,5-6H2,1H3,(H2,11,12)(H,15,16). The third-order valence-electron chi connectivity index (χ3n) is 2.23. The minimum atomic E-state index is -0.998. The lowest BCUT2D eigenvalue weighted by molar-refractivity contribution is -0.384. The summed E-state index contributed by atoms with van der Waals surface area (Å²) in [5.74, 6) is -0.895. The molecule has 1 rings (SSSR count). The van der Waals surface area contributed by atoms with Crippen LogP contribution in [0.5, 0.6) is 0 Å². The molecule has 0 unspecified atom stereocenters. The predicted molar refractivity (Wildman–Crippen MR) is 65.4 cm³/mol. The topological polar surface area (TPSA) is 123 Å². The monoisotopic (exact) mass is 254 g/mol. The molecule has 8 nitrogen and oxygen atoms in total. The number of nitrogen functional groups attached to an aromatic ring is 1. The van der Waals surface area contributed by atoms with Crippen molar-refractivity contribution in [1.29, 1.82) is 0 Å². The van der Waals surface area contributed by atoms with Crippen LogP contribution in [-0.2, 0) is 4.79 Å². The van der Waals surface area contributed by atoms with E-state index < -0.39 is 10.9 Å². The number of aromatic nitrogens is 1. The Morgan fingerprint density at radius 2 is 2.28 bits per heavy atom. The number of rotatable bonds is 6. The van der Waals surface area contributed by atoms with Gasteiger partial charge in [0.25, 0.3) is 0 Å². The van der Waals surface area contributed by atoms with Gasteiger partial charge < -0.3 is 15.7 Å². The molecular formula is C10H14N4O4. The first-order valence-electron chi connectivity index (χ1n) is 5.33. The normalized spacial score (nSPS) is 10.1. The van der Waals surface area contributed by atoms with Crippen LogP contribution in [0, 0.1) is 10.1 Å². The highest BCUT2D eigenvalue weighted by Gasteiger charge is 2.17. The summed E-state index contributed by atoms with van der Waals surface area (Å²) in [5.41, 5.74) is 5.17. The number of anilines is 2. The summed E-state index contributed by atoms with van der Waals surface area (Å²) in [5, 5.41) is 19.4. The maximum Gasteiger partial charge on any atom is 0.323 e. The van der Waals surface area contributed by atoms with Crippen molar-refractivity contribution in [3.63, 3.8) is 0 Å². The second-order valence-electron chi connectivity index (χ2n) is 3.65. The van der Waals surface area contributed by atoms with Gasteiger partial charge in [-0.3, -0.25) is 14.9 Å². The lowest BCUT2D eigenvalue weighted by Gasteiger charge is -2.20. The second-order valence-corrected chi connectivity index (χ2v) is 3.65. The van der Waals surface area contributed by atoms with E-state index in [9.17, 15) is 14.9 Å². The van der Waals surface area contributed by atoms with Crippen molar-refractivity contribution >= 4 is 23.3 Å². The lowest BCUT2D eigenvalue weighted by atomic mass is 10.3. The highest BCUT2D eigenvalue weighted by molar-refractivity contribution is 5.73. The molecule has 0 saturated carbocycles. The first-order valence-corrected chi connectivity index (χ1v) is 5.33. The molecule has 0 fully saturated rings. The number of aliphatic carboxylic acids is 1. The predicted octanol–water partition coefficient (Wildman–Crippen LogP) is 0.873. The molecule has 0 amide bonds.